The third-order valence-electron chi connectivity index (χ3n) is 6.18. The summed E-state index contributed by atoms with van der Waals surface area (Å²) in [5.41, 5.74) is 4.19. The first-order chi connectivity index (χ1) is 15.6. The summed E-state index contributed by atoms with van der Waals surface area (Å²) in [6.45, 7) is 5.89. The summed E-state index contributed by atoms with van der Waals surface area (Å²) in [6, 6.07) is 6.37. The first kappa shape index (κ1) is 22.4. The Morgan fingerprint density at radius 3 is 2.84 bits per heavy atom. The molecule has 172 valence electrons. The number of hydrogen-bond acceptors (Lipinski definition) is 9. The van der Waals surface area contributed by atoms with Crippen molar-refractivity contribution in [2.75, 3.05) is 56.7 Å². The van der Waals surface area contributed by atoms with Crippen LogP contribution in [0.3, 0.4) is 0 Å². The fraction of sp³-hybridized carbons (Fsp3) is 0.522. The van der Waals surface area contributed by atoms with E-state index in [4.69, 9.17) is 14.9 Å². The molecule has 9 nitrogen and oxygen atoms in total. The summed E-state index contributed by atoms with van der Waals surface area (Å²) in [5.74, 6) is 1.82. The van der Waals surface area contributed by atoms with Gasteiger partial charge in [-0.05, 0) is 62.0 Å². The van der Waals surface area contributed by atoms with E-state index in [0.717, 1.165) is 37.2 Å². The average Bonchev–Trinajstić information content (AvgIpc) is 2.85. The number of piperidine rings is 1. The molecule has 9 heteroatoms. The molecule has 1 aromatic carbocycles. The van der Waals surface area contributed by atoms with Crippen LogP contribution >= 0.6 is 0 Å². The van der Waals surface area contributed by atoms with E-state index in [1.54, 1.807) is 7.11 Å². The Labute approximate surface area is 188 Å². The highest BCUT2D eigenvalue weighted by molar-refractivity contribution is 5.88. The quantitative estimate of drug-likeness (QED) is 0.485. The molecule has 2 aliphatic heterocycles. The molecule has 3 heterocycles. The van der Waals surface area contributed by atoms with Gasteiger partial charge in [-0.1, -0.05) is 0 Å². The highest BCUT2D eigenvalue weighted by atomic mass is 16.5. The molecule has 2 aliphatic rings. The smallest absolute Gasteiger partial charge is 0.320 e. The van der Waals surface area contributed by atoms with Gasteiger partial charge in [0.05, 0.1) is 26.4 Å². The predicted octanol–water partition coefficient (Wildman–Crippen LogP) is 2.20. The zero-order valence-corrected chi connectivity index (χ0v) is 18.7. The highest BCUT2D eigenvalue weighted by Crippen LogP contribution is 2.33. The summed E-state index contributed by atoms with van der Waals surface area (Å²) in [7, 11) is 1.54. The highest BCUT2D eigenvalue weighted by Gasteiger charge is 2.23. The monoisotopic (exact) mass is 440 g/mol. The number of aliphatic hydroxyl groups is 1. The Morgan fingerprint density at radius 1 is 1.31 bits per heavy atom. The normalized spacial score (nSPS) is 19.6. The lowest BCUT2D eigenvalue weighted by atomic mass is 9.86. The van der Waals surface area contributed by atoms with Crippen LogP contribution in [0.5, 0.6) is 6.01 Å². The number of ether oxygens (including phenoxy) is 2. The van der Waals surface area contributed by atoms with Crippen LogP contribution in [0, 0.1) is 12.3 Å². The molecular formula is C23H32N6O3. The molecule has 1 aromatic heterocycles. The van der Waals surface area contributed by atoms with Crippen LogP contribution in [0.1, 0.15) is 35.4 Å². The lowest BCUT2D eigenvalue weighted by Crippen LogP contribution is -2.44. The molecule has 0 bridgehead atoms. The molecule has 1 atom stereocenters. The number of benzene rings is 1. The lowest BCUT2D eigenvalue weighted by Gasteiger charge is -2.33. The van der Waals surface area contributed by atoms with E-state index in [2.05, 4.69) is 44.6 Å². The van der Waals surface area contributed by atoms with Crippen LogP contribution in [0.25, 0.3) is 0 Å². The van der Waals surface area contributed by atoms with Gasteiger partial charge in [-0.15, -0.1) is 0 Å². The molecule has 1 unspecified atom stereocenters. The van der Waals surface area contributed by atoms with E-state index in [1.807, 2.05) is 6.07 Å². The zero-order valence-electron chi connectivity index (χ0n) is 18.7. The number of nitrogens with one attached hydrogen (secondary N) is 3. The molecule has 4 rings (SSSR count). The van der Waals surface area contributed by atoms with Crippen molar-refractivity contribution in [2.45, 2.75) is 31.8 Å². The third kappa shape index (κ3) is 5.01. The maximum atomic E-state index is 9.47. The van der Waals surface area contributed by atoms with Crippen LogP contribution in [0.2, 0.25) is 0 Å². The Morgan fingerprint density at radius 2 is 2.12 bits per heavy atom. The van der Waals surface area contributed by atoms with Crippen molar-refractivity contribution < 1.29 is 14.6 Å². The van der Waals surface area contributed by atoms with E-state index in [-0.39, 0.29) is 18.7 Å². The number of morpholine rings is 1. The van der Waals surface area contributed by atoms with Gasteiger partial charge in [0, 0.05) is 36.6 Å². The Hall–Kier alpha value is -2.75. The van der Waals surface area contributed by atoms with E-state index >= 15 is 0 Å². The van der Waals surface area contributed by atoms with E-state index in [9.17, 15) is 5.11 Å². The standard InChI is InChI=1S/C23H32N6O3/c1-15-9-17(12-24)20(10-19(15)16-3-5-25-6-4-16)26-21-11-22(28-23(27-21)31-2)29-7-8-32-18(13-29)14-30/h9-12,16,18,24-25,30H,3-8,13-14H2,1-2H3,(H,26,27,28). The van der Waals surface area contributed by atoms with Gasteiger partial charge in [0.1, 0.15) is 11.6 Å². The number of nitrogens with zero attached hydrogens (tertiary/aromatic N) is 3. The summed E-state index contributed by atoms with van der Waals surface area (Å²) in [4.78, 5) is 11.0. The molecule has 0 spiro atoms. The molecular weight excluding hydrogens is 408 g/mol. The Kier molecular flexibility index (Phi) is 7.19. The Balaban J connectivity index is 1.64. The van der Waals surface area contributed by atoms with Crippen molar-refractivity contribution in [3.63, 3.8) is 0 Å². The van der Waals surface area contributed by atoms with Crippen molar-refractivity contribution >= 4 is 23.5 Å². The fourth-order valence-electron chi connectivity index (χ4n) is 4.45. The molecule has 32 heavy (non-hydrogen) atoms. The topological polar surface area (TPSA) is 116 Å². The van der Waals surface area contributed by atoms with Crippen LogP contribution in [0.4, 0.5) is 17.3 Å². The average molecular weight is 441 g/mol. The molecule has 2 aromatic rings. The van der Waals surface area contributed by atoms with Crippen molar-refractivity contribution in [2.24, 2.45) is 0 Å². The largest absolute Gasteiger partial charge is 0.467 e. The number of anilines is 3. The molecule has 0 amide bonds. The van der Waals surface area contributed by atoms with E-state index in [1.165, 1.54) is 17.3 Å². The number of aryl methyl sites for hydroxylation is 1. The predicted molar refractivity (Wildman–Crippen MR) is 125 cm³/mol. The van der Waals surface area contributed by atoms with Gasteiger partial charge in [-0.3, -0.25) is 0 Å². The van der Waals surface area contributed by atoms with Crippen molar-refractivity contribution in [3.8, 4) is 6.01 Å². The third-order valence-corrected chi connectivity index (χ3v) is 6.18. The molecule has 2 fully saturated rings. The van der Waals surface area contributed by atoms with Crippen molar-refractivity contribution in [1.29, 1.82) is 5.41 Å². The molecule has 0 radical (unpaired) electrons. The minimum atomic E-state index is -0.240. The molecule has 2 saturated heterocycles. The summed E-state index contributed by atoms with van der Waals surface area (Å²) in [5, 5.41) is 24.2. The second-order valence-corrected chi connectivity index (χ2v) is 8.31. The van der Waals surface area contributed by atoms with Gasteiger partial charge >= 0.3 is 6.01 Å². The molecule has 0 aliphatic carbocycles. The number of rotatable bonds is 7. The van der Waals surface area contributed by atoms with Crippen LogP contribution in [0.15, 0.2) is 18.2 Å². The van der Waals surface area contributed by atoms with Gasteiger partial charge in [0.25, 0.3) is 0 Å². The van der Waals surface area contributed by atoms with Gasteiger partial charge in [-0.25, -0.2) is 0 Å². The lowest BCUT2D eigenvalue weighted by molar-refractivity contribution is 0.00333. The zero-order chi connectivity index (χ0) is 22.5. The Bertz CT molecular complexity index is 948. The molecule has 0 saturated carbocycles. The summed E-state index contributed by atoms with van der Waals surface area (Å²) >= 11 is 0. The van der Waals surface area contributed by atoms with Crippen molar-refractivity contribution in [1.82, 2.24) is 15.3 Å². The van der Waals surface area contributed by atoms with Crippen LogP contribution < -0.4 is 20.3 Å². The SMILES string of the molecule is COc1nc(Nc2cc(C3CCNCC3)c(C)cc2C=N)cc(N2CCOC(CO)C2)n1. The summed E-state index contributed by atoms with van der Waals surface area (Å²) in [6.07, 6.45) is 3.35. The first-order valence-corrected chi connectivity index (χ1v) is 11.1. The van der Waals surface area contributed by atoms with E-state index in [0.29, 0.717) is 37.3 Å². The van der Waals surface area contributed by atoms with E-state index < -0.39 is 0 Å². The van der Waals surface area contributed by atoms with Crippen LogP contribution in [-0.4, -0.2) is 73.9 Å². The van der Waals surface area contributed by atoms with Crippen molar-refractivity contribution in [3.05, 3.63) is 34.9 Å². The minimum absolute atomic E-state index is 0.0324. The van der Waals surface area contributed by atoms with Crippen LogP contribution in [-0.2, 0) is 4.74 Å². The maximum absolute atomic E-state index is 9.47. The fourth-order valence-corrected chi connectivity index (χ4v) is 4.45. The molecule has 4 N–H and O–H groups in total. The second kappa shape index (κ2) is 10.2. The number of methoxy groups -OCH3 is 1. The maximum Gasteiger partial charge on any atom is 0.320 e. The summed E-state index contributed by atoms with van der Waals surface area (Å²) < 4.78 is 10.9. The number of aliphatic hydroxyl groups excluding tert-OH is 1. The number of hydrogen-bond donors (Lipinski definition) is 4. The second-order valence-electron chi connectivity index (χ2n) is 8.31. The minimum Gasteiger partial charge on any atom is -0.467 e. The van der Waals surface area contributed by atoms with Gasteiger partial charge in [0.2, 0.25) is 0 Å². The van der Waals surface area contributed by atoms with Gasteiger partial charge in [0.15, 0.2) is 0 Å². The van der Waals surface area contributed by atoms with Gasteiger partial charge in [-0.2, -0.15) is 9.97 Å². The first-order valence-electron chi connectivity index (χ1n) is 11.1. The number of aromatic nitrogens is 2. The van der Waals surface area contributed by atoms with Gasteiger partial charge < -0.3 is 35.5 Å².